The van der Waals surface area contributed by atoms with Crippen LogP contribution in [0.25, 0.3) is 10.2 Å². The van der Waals surface area contributed by atoms with E-state index >= 15 is 0 Å². The number of aryl methyl sites for hydroxylation is 2. The maximum absolute atomic E-state index is 12.2. The highest BCUT2D eigenvalue weighted by molar-refractivity contribution is 7.21. The van der Waals surface area contributed by atoms with Gasteiger partial charge in [-0.05, 0) is 38.3 Å². The van der Waals surface area contributed by atoms with Gasteiger partial charge in [-0.1, -0.05) is 0 Å². The third kappa shape index (κ3) is 3.51. The number of aromatic nitrogens is 1. The number of pyridine rings is 1. The first-order valence-electron chi connectivity index (χ1n) is 6.98. The van der Waals surface area contributed by atoms with Crippen molar-refractivity contribution in [3.8, 4) is 0 Å². The molecule has 0 aliphatic carbocycles. The van der Waals surface area contributed by atoms with Gasteiger partial charge in [-0.15, -0.1) is 11.3 Å². The van der Waals surface area contributed by atoms with E-state index in [1.165, 1.54) is 11.3 Å². The van der Waals surface area contributed by atoms with Crippen molar-refractivity contribution in [1.29, 1.82) is 0 Å². The van der Waals surface area contributed by atoms with Gasteiger partial charge in [-0.3, -0.25) is 4.79 Å². The SMILES string of the molecule is COCCCCNC(=O)c1sc2nc(C)cc(C)c2c1N. The van der Waals surface area contributed by atoms with Crippen LogP contribution in [0.3, 0.4) is 0 Å². The van der Waals surface area contributed by atoms with Crippen molar-refractivity contribution < 1.29 is 9.53 Å². The van der Waals surface area contributed by atoms with Crippen LogP contribution in [0.15, 0.2) is 6.07 Å². The van der Waals surface area contributed by atoms with E-state index in [0.29, 0.717) is 23.7 Å². The Balaban J connectivity index is 2.13. The maximum atomic E-state index is 12.2. The van der Waals surface area contributed by atoms with Gasteiger partial charge in [0.15, 0.2) is 0 Å². The first-order chi connectivity index (χ1) is 10.0. The number of thiophene rings is 1. The molecule has 3 N–H and O–H groups in total. The predicted octanol–water partition coefficient (Wildman–Crippen LogP) is 2.65. The molecule has 0 fully saturated rings. The van der Waals surface area contributed by atoms with Crippen LogP contribution in [0, 0.1) is 13.8 Å². The largest absolute Gasteiger partial charge is 0.397 e. The van der Waals surface area contributed by atoms with Gasteiger partial charge in [0.1, 0.15) is 9.71 Å². The Morgan fingerprint density at radius 3 is 2.90 bits per heavy atom. The monoisotopic (exact) mass is 307 g/mol. The minimum atomic E-state index is -0.120. The van der Waals surface area contributed by atoms with Crippen LogP contribution in [-0.2, 0) is 4.74 Å². The van der Waals surface area contributed by atoms with Crippen molar-refractivity contribution in [2.45, 2.75) is 26.7 Å². The normalized spacial score (nSPS) is 11.0. The molecule has 5 nitrogen and oxygen atoms in total. The standard InChI is InChI=1S/C15H21N3O2S/c1-9-8-10(2)18-15-11(9)12(16)13(21-15)14(19)17-6-4-5-7-20-3/h8H,4-7,16H2,1-3H3,(H,17,19). The van der Waals surface area contributed by atoms with Crippen LogP contribution >= 0.6 is 11.3 Å². The first-order valence-corrected chi connectivity index (χ1v) is 7.79. The van der Waals surface area contributed by atoms with E-state index in [1.54, 1.807) is 7.11 Å². The molecule has 0 spiro atoms. The van der Waals surface area contributed by atoms with E-state index in [1.807, 2.05) is 19.9 Å². The van der Waals surface area contributed by atoms with Crippen molar-refractivity contribution >= 4 is 33.1 Å². The summed E-state index contributed by atoms with van der Waals surface area (Å²) < 4.78 is 4.98. The van der Waals surface area contributed by atoms with Crippen LogP contribution in [0.2, 0.25) is 0 Å². The molecule has 2 heterocycles. The third-order valence-corrected chi connectivity index (χ3v) is 4.39. The van der Waals surface area contributed by atoms with E-state index < -0.39 is 0 Å². The second-order valence-corrected chi connectivity index (χ2v) is 6.06. The van der Waals surface area contributed by atoms with Gasteiger partial charge in [0, 0.05) is 31.3 Å². The zero-order valence-electron chi connectivity index (χ0n) is 12.7. The number of amides is 1. The minimum absolute atomic E-state index is 0.120. The summed E-state index contributed by atoms with van der Waals surface area (Å²) in [5.41, 5.74) is 8.67. The summed E-state index contributed by atoms with van der Waals surface area (Å²) in [5.74, 6) is -0.120. The lowest BCUT2D eigenvalue weighted by molar-refractivity contribution is 0.0956. The fourth-order valence-electron chi connectivity index (χ4n) is 2.29. The lowest BCUT2D eigenvalue weighted by atomic mass is 10.1. The Morgan fingerprint density at radius 2 is 2.19 bits per heavy atom. The average Bonchev–Trinajstić information content (AvgIpc) is 2.75. The molecule has 0 aliphatic heterocycles. The van der Waals surface area contributed by atoms with Crippen molar-refractivity contribution in [2.75, 3.05) is 26.0 Å². The summed E-state index contributed by atoms with van der Waals surface area (Å²) in [7, 11) is 1.67. The lowest BCUT2D eigenvalue weighted by Gasteiger charge is -2.04. The summed E-state index contributed by atoms with van der Waals surface area (Å²) in [5, 5.41) is 3.80. The molecule has 2 aromatic rings. The molecule has 0 unspecified atom stereocenters. The highest BCUT2D eigenvalue weighted by Gasteiger charge is 2.18. The summed E-state index contributed by atoms with van der Waals surface area (Å²) in [6.07, 6.45) is 1.82. The molecule has 0 saturated heterocycles. The Kier molecular flexibility index (Phi) is 5.14. The second kappa shape index (κ2) is 6.87. The minimum Gasteiger partial charge on any atom is -0.397 e. The summed E-state index contributed by atoms with van der Waals surface area (Å²) in [6.45, 7) is 5.27. The van der Waals surface area contributed by atoms with Gasteiger partial charge in [0.05, 0.1) is 5.69 Å². The van der Waals surface area contributed by atoms with E-state index in [4.69, 9.17) is 10.5 Å². The number of nitrogen functional groups attached to an aromatic ring is 1. The number of nitrogens with one attached hydrogen (secondary N) is 1. The quantitative estimate of drug-likeness (QED) is 0.804. The average molecular weight is 307 g/mol. The predicted molar refractivity (Wildman–Crippen MR) is 86.9 cm³/mol. The number of carbonyl (C=O) groups excluding carboxylic acids is 1. The first kappa shape index (κ1) is 15.7. The van der Waals surface area contributed by atoms with E-state index in [9.17, 15) is 4.79 Å². The van der Waals surface area contributed by atoms with Crippen LogP contribution in [0.5, 0.6) is 0 Å². The molecule has 0 saturated carbocycles. The molecule has 0 atom stereocenters. The molecule has 114 valence electrons. The van der Waals surface area contributed by atoms with E-state index in [0.717, 1.165) is 34.3 Å². The number of fused-ring (bicyclic) bond motifs is 1. The van der Waals surface area contributed by atoms with E-state index in [2.05, 4.69) is 10.3 Å². The molecule has 6 heteroatoms. The second-order valence-electron chi connectivity index (χ2n) is 5.06. The van der Waals surface area contributed by atoms with Crippen LogP contribution in [0.1, 0.15) is 33.8 Å². The number of anilines is 1. The molecule has 0 aliphatic rings. The summed E-state index contributed by atoms with van der Waals surface area (Å²) >= 11 is 1.36. The number of ether oxygens (including phenoxy) is 1. The third-order valence-electron chi connectivity index (χ3n) is 3.29. The Morgan fingerprint density at radius 1 is 1.43 bits per heavy atom. The zero-order valence-corrected chi connectivity index (χ0v) is 13.5. The molecule has 1 amide bonds. The highest BCUT2D eigenvalue weighted by atomic mass is 32.1. The van der Waals surface area contributed by atoms with Crippen LogP contribution in [-0.4, -0.2) is 31.2 Å². The Labute approximate surface area is 128 Å². The van der Waals surface area contributed by atoms with Gasteiger partial charge in [-0.2, -0.15) is 0 Å². The molecule has 0 bridgehead atoms. The van der Waals surface area contributed by atoms with Crippen LogP contribution < -0.4 is 11.1 Å². The number of nitrogens with two attached hydrogens (primary N) is 1. The topological polar surface area (TPSA) is 77.2 Å². The van der Waals surface area contributed by atoms with Crippen molar-refractivity contribution in [2.24, 2.45) is 0 Å². The van der Waals surface area contributed by atoms with Crippen molar-refractivity contribution in [1.82, 2.24) is 10.3 Å². The molecule has 0 aromatic carbocycles. The van der Waals surface area contributed by atoms with Gasteiger partial charge in [-0.25, -0.2) is 4.98 Å². The zero-order chi connectivity index (χ0) is 15.4. The van der Waals surface area contributed by atoms with E-state index in [-0.39, 0.29) is 5.91 Å². The smallest absolute Gasteiger partial charge is 0.263 e. The van der Waals surface area contributed by atoms with Gasteiger partial charge >= 0.3 is 0 Å². The summed E-state index contributed by atoms with van der Waals surface area (Å²) in [6, 6.07) is 1.98. The van der Waals surface area contributed by atoms with Crippen molar-refractivity contribution in [3.63, 3.8) is 0 Å². The Bertz CT molecular complexity index is 652. The number of hydrogen-bond donors (Lipinski definition) is 2. The van der Waals surface area contributed by atoms with Gasteiger partial charge in [0.2, 0.25) is 0 Å². The number of rotatable bonds is 6. The molecular weight excluding hydrogens is 286 g/mol. The number of nitrogens with zero attached hydrogens (tertiary/aromatic N) is 1. The maximum Gasteiger partial charge on any atom is 0.263 e. The molecule has 2 aromatic heterocycles. The number of unbranched alkanes of at least 4 members (excludes halogenated alkanes) is 1. The highest BCUT2D eigenvalue weighted by Crippen LogP contribution is 2.34. The van der Waals surface area contributed by atoms with Crippen LogP contribution in [0.4, 0.5) is 5.69 Å². The van der Waals surface area contributed by atoms with Gasteiger partial charge in [0.25, 0.3) is 5.91 Å². The summed E-state index contributed by atoms with van der Waals surface area (Å²) in [4.78, 5) is 18.1. The number of methoxy groups -OCH3 is 1. The lowest BCUT2D eigenvalue weighted by Crippen LogP contribution is -2.24. The number of carbonyl (C=O) groups is 1. The molecule has 21 heavy (non-hydrogen) atoms. The fourth-order valence-corrected chi connectivity index (χ4v) is 3.42. The molecular formula is C15H21N3O2S. The fraction of sp³-hybridized carbons (Fsp3) is 0.467. The number of hydrogen-bond acceptors (Lipinski definition) is 5. The molecule has 0 radical (unpaired) electrons. The Hall–Kier alpha value is -1.66. The van der Waals surface area contributed by atoms with Gasteiger partial charge < -0.3 is 15.8 Å². The van der Waals surface area contributed by atoms with Crippen molar-refractivity contribution in [3.05, 3.63) is 22.2 Å². The molecule has 2 rings (SSSR count).